The first-order valence-corrected chi connectivity index (χ1v) is 5.05. The van der Waals surface area contributed by atoms with Crippen LogP contribution in [0.3, 0.4) is 0 Å². The zero-order chi connectivity index (χ0) is 12.4. The highest BCUT2D eigenvalue weighted by atomic mass is 16.5. The first-order valence-electron chi connectivity index (χ1n) is 5.05. The summed E-state index contributed by atoms with van der Waals surface area (Å²) in [6.07, 6.45) is 1.78. The van der Waals surface area contributed by atoms with Gasteiger partial charge < -0.3 is 15.2 Å². The second kappa shape index (κ2) is 4.42. The zero-order valence-electron chi connectivity index (χ0n) is 9.64. The molecule has 6 nitrogen and oxygen atoms in total. The Morgan fingerprint density at radius 3 is 2.88 bits per heavy atom. The van der Waals surface area contributed by atoms with Crippen molar-refractivity contribution in [2.24, 2.45) is 5.73 Å². The molecule has 90 valence electrons. The van der Waals surface area contributed by atoms with Crippen molar-refractivity contribution in [1.82, 2.24) is 9.38 Å². The molecule has 0 bridgehead atoms. The predicted octanol–water partition coefficient (Wildman–Crippen LogP) is 0.588. The number of carbonyl (C=O) groups excluding carboxylic acids is 1. The fraction of sp³-hybridized carbons (Fsp3) is 0.273. The molecule has 0 fully saturated rings. The molecule has 17 heavy (non-hydrogen) atoms. The van der Waals surface area contributed by atoms with E-state index in [1.54, 1.807) is 22.7 Å². The molecule has 2 aromatic heterocycles. The van der Waals surface area contributed by atoms with E-state index in [2.05, 4.69) is 4.98 Å². The molecule has 0 saturated carbocycles. The van der Waals surface area contributed by atoms with Crippen molar-refractivity contribution < 1.29 is 14.3 Å². The molecule has 0 aliphatic carbocycles. The second-order valence-electron chi connectivity index (χ2n) is 3.37. The van der Waals surface area contributed by atoms with Crippen molar-refractivity contribution in [1.29, 1.82) is 0 Å². The predicted molar refractivity (Wildman–Crippen MR) is 61.0 cm³/mol. The molecule has 2 N–H and O–H groups in total. The Balaban J connectivity index is 2.79. The number of imidazole rings is 1. The largest absolute Gasteiger partial charge is 0.494 e. The van der Waals surface area contributed by atoms with Crippen molar-refractivity contribution in [2.75, 3.05) is 14.2 Å². The molecule has 0 unspecified atom stereocenters. The molecule has 0 aliphatic heterocycles. The van der Waals surface area contributed by atoms with Crippen LogP contribution in [0.25, 0.3) is 5.52 Å². The van der Waals surface area contributed by atoms with Crippen LogP contribution in [-0.4, -0.2) is 29.6 Å². The van der Waals surface area contributed by atoms with Gasteiger partial charge in [-0.2, -0.15) is 0 Å². The quantitative estimate of drug-likeness (QED) is 0.787. The van der Waals surface area contributed by atoms with Gasteiger partial charge >= 0.3 is 5.97 Å². The molecule has 0 aliphatic rings. The second-order valence-corrected chi connectivity index (χ2v) is 3.37. The summed E-state index contributed by atoms with van der Waals surface area (Å²) in [6, 6.07) is 3.55. The van der Waals surface area contributed by atoms with E-state index in [0.717, 1.165) is 0 Å². The van der Waals surface area contributed by atoms with Gasteiger partial charge in [-0.1, -0.05) is 0 Å². The number of aromatic nitrogens is 2. The van der Waals surface area contributed by atoms with Crippen molar-refractivity contribution in [3.05, 3.63) is 29.8 Å². The van der Waals surface area contributed by atoms with E-state index in [1.807, 2.05) is 0 Å². The maximum absolute atomic E-state index is 11.6. The van der Waals surface area contributed by atoms with E-state index in [4.69, 9.17) is 15.2 Å². The molecule has 0 spiro atoms. The van der Waals surface area contributed by atoms with E-state index in [0.29, 0.717) is 17.1 Å². The van der Waals surface area contributed by atoms with Gasteiger partial charge in [0.1, 0.15) is 17.1 Å². The van der Waals surface area contributed by atoms with Gasteiger partial charge in [0, 0.05) is 6.20 Å². The molecular formula is C11H13N3O3. The van der Waals surface area contributed by atoms with Crippen LogP contribution in [0, 0.1) is 0 Å². The lowest BCUT2D eigenvalue weighted by atomic mass is 10.3. The number of nitrogens with two attached hydrogens (primary N) is 1. The Morgan fingerprint density at radius 1 is 1.53 bits per heavy atom. The van der Waals surface area contributed by atoms with Crippen molar-refractivity contribution in [2.45, 2.75) is 6.54 Å². The Labute approximate surface area is 98.0 Å². The first-order chi connectivity index (χ1) is 8.22. The van der Waals surface area contributed by atoms with Crippen LogP contribution in [0.2, 0.25) is 0 Å². The average Bonchev–Trinajstić information content (AvgIpc) is 2.76. The SMILES string of the molecule is COC(=O)c1nc(CN)n2cccc(OC)c12. The number of pyridine rings is 1. The lowest BCUT2D eigenvalue weighted by Crippen LogP contribution is -2.04. The van der Waals surface area contributed by atoms with E-state index >= 15 is 0 Å². The maximum Gasteiger partial charge on any atom is 0.359 e. The minimum absolute atomic E-state index is 0.213. The molecular weight excluding hydrogens is 222 g/mol. The topological polar surface area (TPSA) is 78.8 Å². The normalized spacial score (nSPS) is 10.5. The summed E-state index contributed by atoms with van der Waals surface area (Å²) in [5, 5.41) is 0. The van der Waals surface area contributed by atoms with E-state index < -0.39 is 5.97 Å². The third kappa shape index (κ3) is 1.72. The monoisotopic (exact) mass is 235 g/mol. The molecule has 0 saturated heterocycles. The standard InChI is InChI=1S/C11H13N3O3/c1-16-7-4-3-5-14-8(6-12)13-9(10(7)14)11(15)17-2/h3-5H,6,12H2,1-2H3. The summed E-state index contributed by atoms with van der Waals surface area (Å²) in [6.45, 7) is 0.228. The summed E-state index contributed by atoms with van der Waals surface area (Å²) in [5.74, 6) is 0.631. The zero-order valence-corrected chi connectivity index (χ0v) is 9.64. The van der Waals surface area contributed by atoms with Gasteiger partial charge in [-0.3, -0.25) is 4.40 Å². The first kappa shape index (κ1) is 11.4. The third-order valence-corrected chi connectivity index (χ3v) is 2.48. The summed E-state index contributed by atoms with van der Waals surface area (Å²) in [7, 11) is 2.84. The Hall–Kier alpha value is -2.08. The molecule has 2 aromatic rings. The van der Waals surface area contributed by atoms with E-state index in [1.165, 1.54) is 14.2 Å². The van der Waals surface area contributed by atoms with Crippen LogP contribution >= 0.6 is 0 Å². The van der Waals surface area contributed by atoms with E-state index in [-0.39, 0.29) is 12.2 Å². The smallest absolute Gasteiger partial charge is 0.359 e. The molecule has 0 atom stereocenters. The Morgan fingerprint density at radius 2 is 2.29 bits per heavy atom. The van der Waals surface area contributed by atoms with Gasteiger partial charge in [0.25, 0.3) is 0 Å². The maximum atomic E-state index is 11.6. The van der Waals surface area contributed by atoms with Crippen LogP contribution < -0.4 is 10.5 Å². The highest BCUT2D eigenvalue weighted by Gasteiger charge is 2.20. The summed E-state index contributed by atoms with van der Waals surface area (Å²) < 4.78 is 11.6. The third-order valence-electron chi connectivity index (χ3n) is 2.48. The highest BCUT2D eigenvalue weighted by Crippen LogP contribution is 2.24. The minimum atomic E-state index is -0.508. The summed E-state index contributed by atoms with van der Waals surface area (Å²) in [4.78, 5) is 15.8. The number of hydrogen-bond acceptors (Lipinski definition) is 5. The highest BCUT2D eigenvalue weighted by molar-refractivity contribution is 5.97. The molecule has 0 amide bonds. The molecule has 6 heteroatoms. The number of fused-ring (bicyclic) bond motifs is 1. The van der Waals surface area contributed by atoms with Crippen molar-refractivity contribution in [3.63, 3.8) is 0 Å². The van der Waals surface area contributed by atoms with E-state index in [9.17, 15) is 4.79 Å². The van der Waals surface area contributed by atoms with Gasteiger partial charge in [-0.05, 0) is 12.1 Å². The van der Waals surface area contributed by atoms with Crippen molar-refractivity contribution in [3.8, 4) is 5.75 Å². The molecule has 0 aromatic carbocycles. The molecule has 2 heterocycles. The number of methoxy groups -OCH3 is 2. The summed E-state index contributed by atoms with van der Waals surface area (Å²) in [5.41, 5.74) is 6.37. The van der Waals surface area contributed by atoms with Crippen LogP contribution in [0.1, 0.15) is 16.3 Å². The van der Waals surface area contributed by atoms with Crippen LogP contribution in [0.15, 0.2) is 18.3 Å². The van der Waals surface area contributed by atoms with Gasteiger partial charge in [-0.15, -0.1) is 0 Å². The van der Waals surface area contributed by atoms with Gasteiger partial charge in [0.05, 0.1) is 20.8 Å². The number of nitrogens with zero attached hydrogens (tertiary/aromatic N) is 2. The lowest BCUT2D eigenvalue weighted by molar-refractivity contribution is 0.0596. The molecule has 2 rings (SSSR count). The number of carbonyl (C=O) groups is 1. The van der Waals surface area contributed by atoms with Gasteiger partial charge in [0.2, 0.25) is 0 Å². The average molecular weight is 235 g/mol. The number of hydrogen-bond donors (Lipinski definition) is 1. The summed E-state index contributed by atoms with van der Waals surface area (Å²) >= 11 is 0. The number of esters is 1. The minimum Gasteiger partial charge on any atom is -0.494 e. The lowest BCUT2D eigenvalue weighted by Gasteiger charge is -2.04. The number of rotatable bonds is 3. The van der Waals surface area contributed by atoms with Crippen molar-refractivity contribution >= 4 is 11.5 Å². The Bertz CT molecular complexity index is 562. The fourth-order valence-corrected chi connectivity index (χ4v) is 1.72. The van der Waals surface area contributed by atoms with Crippen LogP contribution in [0.4, 0.5) is 0 Å². The van der Waals surface area contributed by atoms with Crippen LogP contribution in [-0.2, 0) is 11.3 Å². The fourth-order valence-electron chi connectivity index (χ4n) is 1.72. The van der Waals surface area contributed by atoms with Gasteiger partial charge in [-0.25, -0.2) is 9.78 Å². The van der Waals surface area contributed by atoms with Gasteiger partial charge in [0.15, 0.2) is 5.69 Å². The molecule has 0 radical (unpaired) electrons. The number of ether oxygens (including phenoxy) is 2. The van der Waals surface area contributed by atoms with Crippen LogP contribution in [0.5, 0.6) is 5.75 Å². The Kier molecular flexibility index (Phi) is 2.97.